The molecule has 1 aliphatic rings. The van der Waals surface area contributed by atoms with E-state index in [0.29, 0.717) is 12.6 Å². The fraction of sp³-hybridized carbons (Fsp3) is 0.588. The first-order chi connectivity index (χ1) is 9.83. The molecule has 1 aliphatic carbocycles. The summed E-state index contributed by atoms with van der Waals surface area (Å²) in [7, 11) is 0. The summed E-state index contributed by atoms with van der Waals surface area (Å²) in [6, 6.07) is 10.5. The van der Waals surface area contributed by atoms with Crippen LogP contribution in [-0.2, 0) is 0 Å². The van der Waals surface area contributed by atoms with Crippen LogP contribution in [0.15, 0.2) is 24.3 Å². The van der Waals surface area contributed by atoms with Crippen LogP contribution in [0.2, 0.25) is 0 Å². The van der Waals surface area contributed by atoms with Gasteiger partial charge in [-0.25, -0.2) is 0 Å². The second-order valence-corrected chi connectivity index (χ2v) is 5.42. The van der Waals surface area contributed by atoms with E-state index in [2.05, 4.69) is 11.4 Å². The Balaban J connectivity index is 1.98. The summed E-state index contributed by atoms with van der Waals surface area (Å²) in [5.41, 5.74) is 1.03. The highest BCUT2D eigenvalue weighted by Gasteiger charge is 2.18. The largest absolute Gasteiger partial charge is 0.494 e. The van der Waals surface area contributed by atoms with E-state index < -0.39 is 0 Å². The monoisotopic (exact) mass is 272 g/mol. The molecule has 0 heterocycles. The van der Waals surface area contributed by atoms with Crippen LogP contribution in [-0.4, -0.2) is 12.6 Å². The van der Waals surface area contributed by atoms with E-state index >= 15 is 0 Å². The molecule has 3 nitrogen and oxygen atoms in total. The summed E-state index contributed by atoms with van der Waals surface area (Å²) in [4.78, 5) is 0. The Morgan fingerprint density at radius 2 is 1.85 bits per heavy atom. The third-order valence-corrected chi connectivity index (χ3v) is 3.91. The molecule has 0 bridgehead atoms. The Morgan fingerprint density at radius 1 is 1.20 bits per heavy atom. The Hall–Kier alpha value is -1.53. The second kappa shape index (κ2) is 7.91. The summed E-state index contributed by atoms with van der Waals surface area (Å²) >= 11 is 0. The number of hydrogen-bond donors (Lipinski definition) is 1. The van der Waals surface area contributed by atoms with E-state index in [1.54, 1.807) is 0 Å². The van der Waals surface area contributed by atoms with Crippen molar-refractivity contribution in [2.24, 2.45) is 0 Å². The van der Waals surface area contributed by atoms with Gasteiger partial charge in [-0.2, -0.15) is 5.26 Å². The molecule has 3 heteroatoms. The van der Waals surface area contributed by atoms with Gasteiger partial charge in [0.05, 0.1) is 12.7 Å². The number of ether oxygens (including phenoxy) is 1. The van der Waals surface area contributed by atoms with Gasteiger partial charge in [0.1, 0.15) is 11.8 Å². The molecular weight excluding hydrogens is 248 g/mol. The Labute approximate surface area is 121 Å². The highest BCUT2D eigenvalue weighted by molar-refractivity contribution is 5.31. The number of rotatable bonds is 5. The molecule has 0 saturated heterocycles. The number of nitriles is 1. The van der Waals surface area contributed by atoms with Crippen molar-refractivity contribution in [1.82, 2.24) is 5.32 Å². The topological polar surface area (TPSA) is 45.0 Å². The maximum absolute atomic E-state index is 9.41. The van der Waals surface area contributed by atoms with Crippen molar-refractivity contribution in [3.63, 3.8) is 0 Å². The van der Waals surface area contributed by atoms with Crippen molar-refractivity contribution in [3.8, 4) is 11.8 Å². The second-order valence-electron chi connectivity index (χ2n) is 5.42. The van der Waals surface area contributed by atoms with Gasteiger partial charge in [0.15, 0.2) is 0 Å². The number of benzene rings is 1. The zero-order chi connectivity index (χ0) is 14.2. The molecule has 1 aromatic rings. The highest BCUT2D eigenvalue weighted by Crippen LogP contribution is 2.22. The van der Waals surface area contributed by atoms with Crippen LogP contribution in [0.1, 0.15) is 57.1 Å². The molecule has 2 rings (SSSR count). The van der Waals surface area contributed by atoms with Crippen LogP contribution in [0.5, 0.6) is 5.75 Å². The van der Waals surface area contributed by atoms with E-state index in [1.807, 2.05) is 31.2 Å². The standard InChI is InChI=1S/C17H24N2O/c1-2-20-16-11-9-14(10-12-16)17(13-18)19-15-7-5-3-4-6-8-15/h9-12,15,17,19H,2-8H2,1H3. The minimum atomic E-state index is -0.214. The van der Waals surface area contributed by atoms with Crippen LogP contribution in [0, 0.1) is 11.3 Å². The van der Waals surface area contributed by atoms with Crippen molar-refractivity contribution >= 4 is 0 Å². The molecule has 1 fully saturated rings. The Kier molecular flexibility index (Phi) is 5.88. The summed E-state index contributed by atoms with van der Waals surface area (Å²) in [6.45, 7) is 2.64. The molecule has 0 aliphatic heterocycles. The van der Waals surface area contributed by atoms with Crippen molar-refractivity contribution in [1.29, 1.82) is 5.26 Å². The molecule has 1 saturated carbocycles. The van der Waals surface area contributed by atoms with Gasteiger partial charge < -0.3 is 4.74 Å². The molecular formula is C17H24N2O. The van der Waals surface area contributed by atoms with Gasteiger partial charge in [0, 0.05) is 6.04 Å². The SMILES string of the molecule is CCOc1ccc(C(C#N)NC2CCCCCC2)cc1. The minimum absolute atomic E-state index is 0.214. The first-order valence-electron chi connectivity index (χ1n) is 7.72. The van der Waals surface area contributed by atoms with Gasteiger partial charge in [-0.05, 0) is 37.5 Å². The van der Waals surface area contributed by atoms with Gasteiger partial charge >= 0.3 is 0 Å². The number of nitrogens with zero attached hydrogens (tertiary/aromatic N) is 1. The fourth-order valence-electron chi connectivity index (χ4n) is 2.81. The van der Waals surface area contributed by atoms with Crippen LogP contribution < -0.4 is 10.1 Å². The maximum atomic E-state index is 9.41. The lowest BCUT2D eigenvalue weighted by Crippen LogP contribution is -2.31. The van der Waals surface area contributed by atoms with E-state index in [-0.39, 0.29) is 6.04 Å². The third kappa shape index (κ3) is 4.25. The summed E-state index contributed by atoms with van der Waals surface area (Å²) < 4.78 is 5.44. The van der Waals surface area contributed by atoms with Crippen LogP contribution in [0.25, 0.3) is 0 Å². The molecule has 0 aromatic heterocycles. The lowest BCUT2D eigenvalue weighted by atomic mass is 10.0. The lowest BCUT2D eigenvalue weighted by molar-refractivity contribution is 0.340. The first kappa shape index (κ1) is 14.9. The fourth-order valence-corrected chi connectivity index (χ4v) is 2.81. The normalized spacial score (nSPS) is 18.0. The Morgan fingerprint density at radius 3 is 2.40 bits per heavy atom. The first-order valence-corrected chi connectivity index (χ1v) is 7.72. The summed E-state index contributed by atoms with van der Waals surface area (Å²) in [5.74, 6) is 0.863. The predicted octanol–water partition coefficient (Wildman–Crippen LogP) is 3.96. The average molecular weight is 272 g/mol. The van der Waals surface area contributed by atoms with Gasteiger partial charge in [-0.15, -0.1) is 0 Å². The van der Waals surface area contributed by atoms with Crippen molar-refractivity contribution in [3.05, 3.63) is 29.8 Å². The van der Waals surface area contributed by atoms with Crippen LogP contribution in [0.3, 0.4) is 0 Å². The third-order valence-electron chi connectivity index (χ3n) is 3.91. The molecule has 0 spiro atoms. The van der Waals surface area contributed by atoms with Crippen molar-refractivity contribution < 1.29 is 4.74 Å². The van der Waals surface area contributed by atoms with Gasteiger partial charge in [-0.3, -0.25) is 5.32 Å². The van der Waals surface area contributed by atoms with Crippen LogP contribution in [0.4, 0.5) is 0 Å². The summed E-state index contributed by atoms with van der Waals surface area (Å²) in [6.07, 6.45) is 7.60. The van der Waals surface area contributed by atoms with E-state index in [4.69, 9.17) is 4.74 Å². The molecule has 20 heavy (non-hydrogen) atoms. The summed E-state index contributed by atoms with van der Waals surface area (Å²) in [5, 5.41) is 12.9. The quantitative estimate of drug-likeness (QED) is 0.825. The zero-order valence-electron chi connectivity index (χ0n) is 12.3. The van der Waals surface area contributed by atoms with Crippen molar-refractivity contribution in [2.75, 3.05) is 6.61 Å². The van der Waals surface area contributed by atoms with E-state index in [9.17, 15) is 5.26 Å². The Bertz CT molecular complexity index is 427. The van der Waals surface area contributed by atoms with Crippen LogP contribution >= 0.6 is 0 Å². The minimum Gasteiger partial charge on any atom is -0.494 e. The number of nitrogens with one attached hydrogen (secondary N) is 1. The molecule has 1 aromatic carbocycles. The molecule has 1 unspecified atom stereocenters. The number of hydrogen-bond acceptors (Lipinski definition) is 3. The predicted molar refractivity (Wildman–Crippen MR) is 80.6 cm³/mol. The van der Waals surface area contributed by atoms with E-state index in [1.165, 1.54) is 38.5 Å². The molecule has 0 radical (unpaired) electrons. The van der Waals surface area contributed by atoms with E-state index in [0.717, 1.165) is 11.3 Å². The molecule has 1 atom stereocenters. The maximum Gasteiger partial charge on any atom is 0.121 e. The van der Waals surface area contributed by atoms with Crippen molar-refractivity contribution in [2.45, 2.75) is 57.5 Å². The zero-order valence-corrected chi connectivity index (χ0v) is 12.3. The smallest absolute Gasteiger partial charge is 0.121 e. The molecule has 0 amide bonds. The molecule has 108 valence electrons. The lowest BCUT2D eigenvalue weighted by Gasteiger charge is -2.20. The molecule has 1 N–H and O–H groups in total. The van der Waals surface area contributed by atoms with Gasteiger partial charge in [-0.1, -0.05) is 37.8 Å². The van der Waals surface area contributed by atoms with Gasteiger partial charge in [0.25, 0.3) is 0 Å². The highest BCUT2D eigenvalue weighted by atomic mass is 16.5. The average Bonchev–Trinajstić information content (AvgIpc) is 2.75. The van der Waals surface area contributed by atoms with Gasteiger partial charge in [0.2, 0.25) is 0 Å².